The van der Waals surface area contributed by atoms with Gasteiger partial charge in [0.05, 0.1) is 25.1 Å². The number of aromatic nitrogens is 4. The molecule has 0 bridgehead atoms. The Kier molecular flexibility index (Phi) is 3.31. The molecule has 7 heteroatoms. The molecule has 7 nitrogen and oxygen atoms in total. The van der Waals surface area contributed by atoms with E-state index in [-0.39, 0.29) is 11.6 Å². The Hall–Kier alpha value is -2.31. The predicted octanol–water partition coefficient (Wildman–Crippen LogP) is 0.838. The minimum Gasteiger partial charge on any atom is -0.493 e. The first-order chi connectivity index (χ1) is 8.69. The van der Waals surface area contributed by atoms with Gasteiger partial charge in [0.15, 0.2) is 11.4 Å². The van der Waals surface area contributed by atoms with E-state index in [4.69, 9.17) is 10.5 Å². The van der Waals surface area contributed by atoms with Crippen molar-refractivity contribution in [2.24, 2.45) is 0 Å². The van der Waals surface area contributed by atoms with Crippen LogP contribution in [0.1, 0.15) is 29.4 Å². The van der Waals surface area contributed by atoms with Crippen LogP contribution < -0.4 is 10.5 Å². The number of anilines is 1. The van der Waals surface area contributed by atoms with Gasteiger partial charge in [-0.1, -0.05) is 6.92 Å². The van der Waals surface area contributed by atoms with Crippen molar-refractivity contribution >= 4 is 11.6 Å². The minimum absolute atomic E-state index is 0.242. The third kappa shape index (κ3) is 1.94. The third-order valence-corrected chi connectivity index (χ3v) is 2.59. The van der Waals surface area contributed by atoms with E-state index in [1.165, 1.54) is 19.5 Å². The molecule has 0 aliphatic carbocycles. The van der Waals surface area contributed by atoms with Crippen LogP contribution in [0.15, 0.2) is 12.4 Å². The second-order valence-corrected chi connectivity index (χ2v) is 3.81. The van der Waals surface area contributed by atoms with Crippen molar-refractivity contribution in [2.75, 3.05) is 12.8 Å². The molecule has 0 spiro atoms. The van der Waals surface area contributed by atoms with Gasteiger partial charge in [0.2, 0.25) is 5.78 Å². The first-order valence-electron chi connectivity index (χ1n) is 5.62. The lowest BCUT2D eigenvalue weighted by Gasteiger charge is -2.06. The smallest absolute Gasteiger partial charge is 0.220 e. The molecule has 2 aromatic heterocycles. The summed E-state index contributed by atoms with van der Waals surface area (Å²) in [4.78, 5) is 12.4. The largest absolute Gasteiger partial charge is 0.493 e. The van der Waals surface area contributed by atoms with Crippen LogP contribution in [0.5, 0.6) is 5.75 Å². The number of carbonyl (C=O) groups excluding carboxylic acids is 1. The van der Waals surface area contributed by atoms with Crippen LogP contribution in [-0.4, -0.2) is 32.9 Å². The van der Waals surface area contributed by atoms with Crippen LogP contribution in [-0.2, 0) is 6.54 Å². The molecule has 0 aliphatic rings. The van der Waals surface area contributed by atoms with E-state index in [0.29, 0.717) is 23.6 Å². The van der Waals surface area contributed by atoms with E-state index < -0.39 is 0 Å². The number of nitrogens with two attached hydrogens (primary N) is 1. The van der Waals surface area contributed by atoms with Gasteiger partial charge in [-0.05, 0) is 6.42 Å². The van der Waals surface area contributed by atoms with E-state index in [1.54, 1.807) is 4.68 Å². The average Bonchev–Trinajstić information content (AvgIpc) is 2.95. The quantitative estimate of drug-likeness (QED) is 0.765. The minimum atomic E-state index is -0.246. The molecule has 96 valence electrons. The topological polar surface area (TPSA) is 98.8 Å². The monoisotopic (exact) mass is 249 g/mol. The van der Waals surface area contributed by atoms with Gasteiger partial charge < -0.3 is 10.5 Å². The fourth-order valence-electron chi connectivity index (χ4n) is 1.73. The number of rotatable bonds is 5. The summed E-state index contributed by atoms with van der Waals surface area (Å²) in [6, 6.07) is 0. The van der Waals surface area contributed by atoms with Crippen LogP contribution in [0, 0.1) is 0 Å². The number of H-pyrrole nitrogens is 1. The van der Waals surface area contributed by atoms with Gasteiger partial charge in [0.1, 0.15) is 5.82 Å². The van der Waals surface area contributed by atoms with Gasteiger partial charge in [-0.25, -0.2) is 0 Å². The maximum absolute atomic E-state index is 12.4. The molecule has 0 aromatic carbocycles. The van der Waals surface area contributed by atoms with Gasteiger partial charge in [0.25, 0.3) is 0 Å². The Morgan fingerprint density at radius 2 is 2.33 bits per heavy atom. The summed E-state index contributed by atoms with van der Waals surface area (Å²) < 4.78 is 6.77. The van der Waals surface area contributed by atoms with Crippen molar-refractivity contribution in [1.29, 1.82) is 0 Å². The normalized spacial score (nSPS) is 10.6. The van der Waals surface area contributed by atoms with E-state index in [1.807, 2.05) is 6.92 Å². The fraction of sp³-hybridized carbons (Fsp3) is 0.364. The summed E-state index contributed by atoms with van der Waals surface area (Å²) in [6.07, 6.45) is 3.80. The lowest BCUT2D eigenvalue weighted by atomic mass is 10.1. The molecule has 18 heavy (non-hydrogen) atoms. The van der Waals surface area contributed by atoms with Crippen molar-refractivity contribution in [3.63, 3.8) is 0 Å². The van der Waals surface area contributed by atoms with Gasteiger partial charge in [-0.15, -0.1) is 0 Å². The zero-order valence-electron chi connectivity index (χ0n) is 10.3. The van der Waals surface area contributed by atoms with E-state index >= 15 is 0 Å². The van der Waals surface area contributed by atoms with Crippen LogP contribution in [0.4, 0.5) is 5.82 Å². The molecule has 0 unspecified atom stereocenters. The standard InChI is InChI=1S/C11H15N5O2/c1-3-4-16-9(8(18-2)6-14-16)10(17)7-5-13-15-11(7)12/h5-6H,3-4H2,1-2H3,(H3,12,13,15). The second-order valence-electron chi connectivity index (χ2n) is 3.81. The van der Waals surface area contributed by atoms with Crippen LogP contribution >= 0.6 is 0 Å². The number of aromatic amines is 1. The Balaban J connectivity index is 2.46. The Morgan fingerprint density at radius 1 is 1.56 bits per heavy atom. The molecule has 0 saturated heterocycles. The maximum atomic E-state index is 12.4. The van der Waals surface area contributed by atoms with Crippen LogP contribution in [0.2, 0.25) is 0 Å². The molecule has 2 aromatic rings. The molecule has 0 amide bonds. The number of nitrogens with zero attached hydrogens (tertiary/aromatic N) is 3. The highest BCUT2D eigenvalue weighted by Gasteiger charge is 2.23. The lowest BCUT2D eigenvalue weighted by Crippen LogP contribution is -2.13. The number of hydrogen-bond acceptors (Lipinski definition) is 5. The molecular weight excluding hydrogens is 234 g/mol. The highest BCUT2D eigenvalue weighted by Crippen LogP contribution is 2.23. The molecule has 0 fully saturated rings. The number of hydrogen-bond donors (Lipinski definition) is 2. The van der Waals surface area contributed by atoms with Crippen molar-refractivity contribution in [1.82, 2.24) is 20.0 Å². The van der Waals surface area contributed by atoms with Crippen molar-refractivity contribution < 1.29 is 9.53 Å². The lowest BCUT2D eigenvalue weighted by molar-refractivity contribution is 0.102. The molecule has 2 heterocycles. The first-order valence-corrected chi connectivity index (χ1v) is 5.62. The molecule has 0 aliphatic heterocycles. The average molecular weight is 249 g/mol. The molecule has 2 rings (SSSR count). The summed E-state index contributed by atoms with van der Waals surface area (Å²) in [7, 11) is 1.50. The number of nitrogens with one attached hydrogen (secondary N) is 1. The molecule has 0 saturated carbocycles. The third-order valence-electron chi connectivity index (χ3n) is 2.59. The molecule has 3 N–H and O–H groups in total. The summed E-state index contributed by atoms with van der Waals surface area (Å²) >= 11 is 0. The molecular formula is C11H15N5O2. The van der Waals surface area contributed by atoms with E-state index in [9.17, 15) is 4.79 Å². The molecule has 0 atom stereocenters. The maximum Gasteiger partial charge on any atom is 0.220 e. The Morgan fingerprint density at radius 3 is 2.89 bits per heavy atom. The highest BCUT2D eigenvalue weighted by molar-refractivity contribution is 6.12. The summed E-state index contributed by atoms with van der Waals surface area (Å²) in [5.74, 6) is 0.435. The van der Waals surface area contributed by atoms with Gasteiger partial charge in [0, 0.05) is 6.54 Å². The first kappa shape index (κ1) is 12.2. The second kappa shape index (κ2) is 4.91. The van der Waals surface area contributed by atoms with E-state index in [2.05, 4.69) is 15.3 Å². The van der Waals surface area contributed by atoms with Crippen molar-refractivity contribution in [2.45, 2.75) is 19.9 Å². The number of ketones is 1. The van der Waals surface area contributed by atoms with Crippen molar-refractivity contribution in [3.05, 3.63) is 23.7 Å². The summed E-state index contributed by atoms with van der Waals surface area (Å²) in [5, 5.41) is 10.4. The van der Waals surface area contributed by atoms with Gasteiger partial charge in [-0.3, -0.25) is 14.6 Å². The number of aryl methyl sites for hydroxylation is 1. The zero-order valence-corrected chi connectivity index (χ0v) is 10.3. The Labute approximate surface area is 104 Å². The number of methoxy groups -OCH3 is 1. The number of nitrogen functional groups attached to an aromatic ring is 1. The Bertz CT molecular complexity index is 558. The van der Waals surface area contributed by atoms with E-state index in [0.717, 1.165) is 6.42 Å². The zero-order chi connectivity index (χ0) is 13.1. The van der Waals surface area contributed by atoms with Gasteiger partial charge in [-0.2, -0.15) is 10.2 Å². The van der Waals surface area contributed by atoms with Crippen molar-refractivity contribution in [3.8, 4) is 5.75 Å². The number of ether oxygens (including phenoxy) is 1. The summed E-state index contributed by atoms with van der Waals surface area (Å²) in [5.41, 5.74) is 6.37. The SMILES string of the molecule is CCCn1ncc(OC)c1C(=O)c1cn[nH]c1N. The van der Waals surface area contributed by atoms with Gasteiger partial charge >= 0.3 is 0 Å². The summed E-state index contributed by atoms with van der Waals surface area (Å²) in [6.45, 7) is 2.65. The van der Waals surface area contributed by atoms with Crippen LogP contribution in [0.3, 0.4) is 0 Å². The predicted molar refractivity (Wildman–Crippen MR) is 65.5 cm³/mol. The number of carbonyl (C=O) groups is 1. The van der Waals surface area contributed by atoms with Crippen LogP contribution in [0.25, 0.3) is 0 Å². The fourth-order valence-corrected chi connectivity index (χ4v) is 1.73. The molecule has 0 radical (unpaired) electrons. The highest BCUT2D eigenvalue weighted by atomic mass is 16.5.